The predicted molar refractivity (Wildman–Crippen MR) is 104 cm³/mol. The van der Waals surface area contributed by atoms with Crippen LogP contribution in [0.3, 0.4) is 0 Å². The lowest BCUT2D eigenvalue weighted by molar-refractivity contribution is -0.126. The van der Waals surface area contributed by atoms with Gasteiger partial charge in [-0.2, -0.15) is 0 Å². The number of carbonyl (C=O) groups excluding carboxylic acids is 1. The predicted octanol–water partition coefficient (Wildman–Crippen LogP) is 2.67. The lowest BCUT2D eigenvalue weighted by atomic mass is 10.2. The Morgan fingerprint density at radius 2 is 2.37 bits per heavy atom. The molecule has 11 heteroatoms. The van der Waals surface area contributed by atoms with Crippen molar-refractivity contribution in [1.82, 2.24) is 19.4 Å². The second kappa shape index (κ2) is 9.16. The van der Waals surface area contributed by atoms with Gasteiger partial charge < -0.3 is 10.5 Å². The lowest BCUT2D eigenvalue weighted by Crippen LogP contribution is -2.46. The first-order valence-electron chi connectivity index (χ1n) is 8.23. The van der Waals surface area contributed by atoms with Gasteiger partial charge in [0.25, 0.3) is 0 Å². The number of nitrogen functional groups attached to an aromatic ring is 1. The molecule has 146 valence electrons. The average molecular weight is 432 g/mol. The minimum atomic E-state index is -0.424. The summed E-state index contributed by atoms with van der Waals surface area (Å²) in [5.74, 6) is -0.522. The molecule has 3 rings (SSSR count). The second-order valence-corrected chi connectivity index (χ2v) is 8.74. The number of hydrogen-bond donors (Lipinski definition) is 1. The number of nitrogens with two attached hydrogens (primary N) is 1. The number of hydrogen-bond acceptors (Lipinski definition) is 8. The normalized spacial score (nSPS) is 17.8. The molecule has 1 aliphatic rings. The van der Waals surface area contributed by atoms with Gasteiger partial charge in [0.15, 0.2) is 4.34 Å². The highest BCUT2D eigenvalue weighted by atomic mass is 35.5. The van der Waals surface area contributed by atoms with Gasteiger partial charge in [-0.15, -0.1) is 10.2 Å². The van der Waals surface area contributed by atoms with Gasteiger partial charge in [-0.05, 0) is 17.7 Å². The molecule has 1 saturated heterocycles. The SMILES string of the molecule is CC(=O)N(C[C@@H]1CN(Cc2ccc(F)c(Cl)c2)CCO1)Sc1nnc(N)s1. The summed E-state index contributed by atoms with van der Waals surface area (Å²) in [5.41, 5.74) is 6.52. The zero-order valence-corrected chi connectivity index (χ0v) is 17.0. The minimum Gasteiger partial charge on any atom is -0.374 e. The number of halogens is 2. The molecule has 1 aromatic heterocycles. The Bertz CT molecular complexity index is 809. The number of carbonyl (C=O) groups is 1. The Morgan fingerprint density at radius 3 is 3.04 bits per heavy atom. The maximum atomic E-state index is 13.3. The number of morpholine rings is 1. The van der Waals surface area contributed by atoms with Crippen LogP contribution in [0.1, 0.15) is 12.5 Å². The highest BCUT2D eigenvalue weighted by Crippen LogP contribution is 2.28. The molecule has 0 unspecified atom stereocenters. The van der Waals surface area contributed by atoms with Crippen molar-refractivity contribution in [1.29, 1.82) is 0 Å². The van der Waals surface area contributed by atoms with Gasteiger partial charge in [0.05, 0.1) is 24.3 Å². The molecule has 1 aliphatic heterocycles. The van der Waals surface area contributed by atoms with Gasteiger partial charge in [0.2, 0.25) is 11.0 Å². The van der Waals surface area contributed by atoms with Gasteiger partial charge in [-0.1, -0.05) is 29.0 Å². The van der Waals surface area contributed by atoms with E-state index in [1.165, 1.54) is 36.3 Å². The summed E-state index contributed by atoms with van der Waals surface area (Å²) in [6, 6.07) is 4.74. The van der Waals surface area contributed by atoms with E-state index in [4.69, 9.17) is 22.1 Å². The van der Waals surface area contributed by atoms with Gasteiger partial charge >= 0.3 is 0 Å². The van der Waals surface area contributed by atoms with Crippen LogP contribution < -0.4 is 5.73 Å². The van der Waals surface area contributed by atoms with Crippen LogP contribution in [0.25, 0.3) is 0 Å². The highest BCUT2D eigenvalue weighted by Gasteiger charge is 2.25. The summed E-state index contributed by atoms with van der Waals surface area (Å²) in [4.78, 5) is 14.2. The molecule has 0 saturated carbocycles. The fourth-order valence-electron chi connectivity index (χ4n) is 2.70. The van der Waals surface area contributed by atoms with Crippen molar-refractivity contribution < 1.29 is 13.9 Å². The van der Waals surface area contributed by atoms with Crippen LogP contribution in [0.5, 0.6) is 0 Å². The van der Waals surface area contributed by atoms with E-state index in [1.54, 1.807) is 16.4 Å². The van der Waals surface area contributed by atoms with E-state index in [1.807, 2.05) is 0 Å². The Balaban J connectivity index is 1.58. The van der Waals surface area contributed by atoms with Crippen LogP contribution in [-0.2, 0) is 16.1 Å². The molecule has 2 aromatic rings. The Labute approximate surface area is 169 Å². The third-order valence-corrected chi connectivity index (χ3v) is 6.12. The number of ether oxygens (including phenoxy) is 1. The summed E-state index contributed by atoms with van der Waals surface area (Å²) in [6.07, 6.45) is -0.142. The number of amides is 1. The number of rotatable bonds is 6. The van der Waals surface area contributed by atoms with Crippen LogP contribution >= 0.6 is 34.9 Å². The summed E-state index contributed by atoms with van der Waals surface area (Å²) in [7, 11) is 0. The van der Waals surface area contributed by atoms with Crippen LogP contribution in [0, 0.1) is 5.82 Å². The quantitative estimate of drug-likeness (QED) is 0.704. The topological polar surface area (TPSA) is 84.6 Å². The third-order valence-electron chi connectivity index (χ3n) is 3.94. The van der Waals surface area contributed by atoms with Crippen LogP contribution in [0.15, 0.2) is 22.5 Å². The molecule has 1 atom stereocenters. The Hall–Kier alpha value is -1.46. The van der Waals surface area contributed by atoms with Crippen molar-refractivity contribution in [3.05, 3.63) is 34.6 Å². The van der Waals surface area contributed by atoms with Gasteiger partial charge in [-0.3, -0.25) is 14.0 Å². The van der Waals surface area contributed by atoms with Gasteiger partial charge in [-0.25, -0.2) is 4.39 Å². The summed E-state index contributed by atoms with van der Waals surface area (Å²) in [5, 5.41) is 8.17. The highest BCUT2D eigenvalue weighted by molar-refractivity contribution is 7.99. The molecule has 1 aromatic carbocycles. The Kier molecular flexibility index (Phi) is 6.88. The summed E-state index contributed by atoms with van der Waals surface area (Å²) in [6.45, 7) is 4.52. The largest absolute Gasteiger partial charge is 0.374 e. The maximum Gasteiger partial charge on any atom is 0.229 e. The standard InChI is InChI=1S/C16H19ClFN5O2S2/c1-10(24)23(27-16-21-20-15(19)26-16)9-12-8-22(4-5-25-12)7-11-2-3-14(18)13(17)6-11/h2-3,6,12H,4-5,7-9H2,1H3,(H2,19,20)/t12-/m0/s1. The molecule has 1 amide bonds. The van der Waals surface area contributed by atoms with E-state index < -0.39 is 5.82 Å². The molecule has 0 bridgehead atoms. The zero-order valence-electron chi connectivity index (χ0n) is 14.6. The number of benzene rings is 1. The summed E-state index contributed by atoms with van der Waals surface area (Å²) >= 11 is 8.30. The number of nitrogens with zero attached hydrogens (tertiary/aromatic N) is 4. The molecule has 1 fully saturated rings. The molecule has 0 radical (unpaired) electrons. The third kappa shape index (κ3) is 5.76. The Morgan fingerprint density at radius 1 is 1.56 bits per heavy atom. The number of anilines is 1. The van der Waals surface area contributed by atoms with Crippen LogP contribution in [-0.4, -0.2) is 57.7 Å². The van der Waals surface area contributed by atoms with Crippen molar-refractivity contribution in [3.63, 3.8) is 0 Å². The van der Waals surface area contributed by atoms with E-state index in [9.17, 15) is 9.18 Å². The van der Waals surface area contributed by atoms with Gasteiger partial charge in [0, 0.05) is 38.5 Å². The molecular weight excluding hydrogens is 413 g/mol. The van der Waals surface area contributed by atoms with Crippen molar-refractivity contribution in [3.8, 4) is 0 Å². The first-order chi connectivity index (χ1) is 12.9. The minimum absolute atomic E-state index is 0.0974. The van der Waals surface area contributed by atoms with E-state index >= 15 is 0 Å². The first kappa shape index (κ1) is 20.3. The molecule has 0 aliphatic carbocycles. The van der Waals surface area contributed by atoms with Crippen molar-refractivity contribution in [2.75, 3.05) is 32.0 Å². The molecular formula is C16H19ClFN5O2S2. The van der Waals surface area contributed by atoms with Crippen molar-refractivity contribution >= 4 is 45.9 Å². The molecule has 7 nitrogen and oxygen atoms in total. The van der Waals surface area contributed by atoms with Gasteiger partial charge in [0.1, 0.15) is 5.82 Å². The molecule has 2 N–H and O–H groups in total. The summed E-state index contributed by atoms with van der Waals surface area (Å²) < 4.78 is 21.3. The maximum absolute atomic E-state index is 13.3. The van der Waals surface area contributed by atoms with Crippen molar-refractivity contribution in [2.24, 2.45) is 0 Å². The average Bonchev–Trinajstić information content (AvgIpc) is 3.03. The molecule has 27 heavy (non-hydrogen) atoms. The zero-order chi connectivity index (χ0) is 19.4. The van der Waals surface area contributed by atoms with E-state index in [-0.39, 0.29) is 17.0 Å². The second-order valence-electron chi connectivity index (χ2n) is 6.05. The fourth-order valence-corrected chi connectivity index (χ4v) is 4.55. The number of aromatic nitrogens is 2. The van der Waals surface area contributed by atoms with E-state index in [2.05, 4.69) is 15.1 Å². The molecule has 2 heterocycles. The first-order valence-corrected chi connectivity index (χ1v) is 10.2. The van der Waals surface area contributed by atoms with E-state index in [0.717, 1.165) is 12.1 Å². The van der Waals surface area contributed by atoms with E-state index in [0.29, 0.717) is 35.7 Å². The smallest absolute Gasteiger partial charge is 0.229 e. The lowest BCUT2D eigenvalue weighted by Gasteiger charge is -2.35. The van der Waals surface area contributed by atoms with Crippen LogP contribution in [0.2, 0.25) is 5.02 Å². The monoisotopic (exact) mass is 431 g/mol. The van der Waals surface area contributed by atoms with Crippen LogP contribution in [0.4, 0.5) is 9.52 Å². The fraction of sp³-hybridized carbons (Fsp3) is 0.438. The van der Waals surface area contributed by atoms with Crippen molar-refractivity contribution in [2.45, 2.75) is 23.9 Å². The molecule has 0 spiro atoms.